The quantitative estimate of drug-likeness (QED) is 0.507. The topological polar surface area (TPSA) is 136 Å². The summed E-state index contributed by atoms with van der Waals surface area (Å²) in [6.45, 7) is 5.95. The molecule has 3 amide bonds. The van der Waals surface area contributed by atoms with Gasteiger partial charge >= 0.3 is 0 Å². The van der Waals surface area contributed by atoms with Crippen molar-refractivity contribution in [3.05, 3.63) is 59.7 Å². The molecule has 1 aliphatic heterocycles. The van der Waals surface area contributed by atoms with Crippen LogP contribution < -0.4 is 20.1 Å². The number of fused-ring (bicyclic) bond motifs is 5. The molecule has 0 unspecified atom stereocenters. The van der Waals surface area contributed by atoms with E-state index < -0.39 is 11.9 Å². The maximum atomic E-state index is 13.2. The number of aromatic nitrogens is 2. The lowest BCUT2D eigenvalue weighted by Crippen LogP contribution is -2.52. The summed E-state index contributed by atoms with van der Waals surface area (Å²) in [7, 11) is 1.55. The SMILES string of the molecule is COc1ccc2cc1OCCCN(C(=O)Cc1cccnc1)CC(=O)N[C@@H](C(C)C)C(=O)NCc1nc-2oc1C. The number of carbonyl (C=O) groups is 3. The number of benzene rings is 1. The largest absolute Gasteiger partial charge is 0.493 e. The third-order valence-corrected chi connectivity index (χ3v) is 6.59. The van der Waals surface area contributed by atoms with Crippen LogP contribution in [0.3, 0.4) is 0 Å². The summed E-state index contributed by atoms with van der Waals surface area (Å²) < 4.78 is 17.4. The van der Waals surface area contributed by atoms with Crippen LogP contribution in [0.15, 0.2) is 47.1 Å². The molecule has 4 rings (SSSR count). The first kappa shape index (κ1) is 28.6. The molecular weight excluding hydrogens is 514 g/mol. The van der Waals surface area contributed by atoms with Crippen molar-refractivity contribution in [1.29, 1.82) is 0 Å². The molecule has 0 saturated heterocycles. The fourth-order valence-corrected chi connectivity index (χ4v) is 4.36. The summed E-state index contributed by atoms with van der Waals surface area (Å²) in [5.41, 5.74) is 2.01. The first-order chi connectivity index (χ1) is 19.2. The minimum atomic E-state index is -0.791. The van der Waals surface area contributed by atoms with Gasteiger partial charge in [0, 0.05) is 24.5 Å². The third kappa shape index (κ3) is 7.16. The molecule has 0 radical (unpaired) electrons. The summed E-state index contributed by atoms with van der Waals surface area (Å²) in [5.74, 6) is 0.809. The van der Waals surface area contributed by atoms with Gasteiger partial charge in [0.15, 0.2) is 11.5 Å². The van der Waals surface area contributed by atoms with Crippen LogP contribution in [0.25, 0.3) is 11.5 Å². The number of nitrogens with zero attached hydrogens (tertiary/aromatic N) is 3. The van der Waals surface area contributed by atoms with Crippen molar-refractivity contribution >= 4 is 17.7 Å². The van der Waals surface area contributed by atoms with Gasteiger partial charge in [-0.3, -0.25) is 19.4 Å². The Labute approximate surface area is 233 Å². The molecule has 2 N–H and O–H groups in total. The normalized spacial score (nSPS) is 16.8. The number of carbonyl (C=O) groups excluding carboxylic acids is 3. The van der Waals surface area contributed by atoms with Gasteiger partial charge in [0.2, 0.25) is 23.6 Å². The molecule has 0 aliphatic carbocycles. The van der Waals surface area contributed by atoms with Gasteiger partial charge in [-0.25, -0.2) is 4.98 Å². The van der Waals surface area contributed by atoms with Crippen molar-refractivity contribution in [2.75, 3.05) is 26.8 Å². The first-order valence-corrected chi connectivity index (χ1v) is 13.3. The Hall–Kier alpha value is -4.41. The van der Waals surface area contributed by atoms with Gasteiger partial charge in [0.25, 0.3) is 0 Å². The van der Waals surface area contributed by atoms with Crippen molar-refractivity contribution in [3.8, 4) is 23.0 Å². The molecule has 1 aliphatic rings. The van der Waals surface area contributed by atoms with Crippen molar-refractivity contribution in [2.24, 2.45) is 5.92 Å². The molecule has 4 bridgehead atoms. The van der Waals surface area contributed by atoms with Gasteiger partial charge in [-0.05, 0) is 49.1 Å². The van der Waals surface area contributed by atoms with Gasteiger partial charge in [-0.2, -0.15) is 0 Å². The van der Waals surface area contributed by atoms with E-state index in [0.717, 1.165) is 5.56 Å². The van der Waals surface area contributed by atoms with Crippen LogP contribution in [-0.2, 0) is 27.3 Å². The van der Waals surface area contributed by atoms with Crippen molar-refractivity contribution < 1.29 is 28.3 Å². The van der Waals surface area contributed by atoms with Crippen LogP contribution in [0, 0.1) is 12.8 Å². The van der Waals surface area contributed by atoms with Gasteiger partial charge in [-0.15, -0.1) is 0 Å². The van der Waals surface area contributed by atoms with Crippen LogP contribution >= 0.6 is 0 Å². The second-order valence-corrected chi connectivity index (χ2v) is 9.95. The number of rotatable bonds is 4. The van der Waals surface area contributed by atoms with Gasteiger partial charge in [-0.1, -0.05) is 19.9 Å². The fourth-order valence-electron chi connectivity index (χ4n) is 4.36. The number of oxazole rings is 1. The van der Waals surface area contributed by atoms with Crippen LogP contribution in [-0.4, -0.2) is 65.4 Å². The molecule has 1 atom stereocenters. The fraction of sp³-hybridized carbons (Fsp3) is 0.414. The second kappa shape index (κ2) is 13.1. The smallest absolute Gasteiger partial charge is 0.243 e. The molecule has 40 heavy (non-hydrogen) atoms. The maximum absolute atomic E-state index is 13.2. The molecule has 11 heteroatoms. The summed E-state index contributed by atoms with van der Waals surface area (Å²) in [4.78, 5) is 49.5. The highest BCUT2D eigenvalue weighted by atomic mass is 16.5. The predicted molar refractivity (Wildman–Crippen MR) is 146 cm³/mol. The van der Waals surface area contributed by atoms with Gasteiger partial charge in [0.05, 0.1) is 33.2 Å². The maximum Gasteiger partial charge on any atom is 0.243 e. The van der Waals surface area contributed by atoms with E-state index in [2.05, 4.69) is 20.6 Å². The number of nitrogens with one attached hydrogen (secondary N) is 2. The van der Waals surface area contributed by atoms with Gasteiger partial charge in [0.1, 0.15) is 17.5 Å². The Morgan fingerprint density at radius 1 is 1.25 bits per heavy atom. The van der Waals surface area contributed by atoms with Crippen LogP contribution in [0.2, 0.25) is 0 Å². The number of hydrogen-bond acceptors (Lipinski definition) is 8. The van der Waals surface area contributed by atoms with Crippen molar-refractivity contribution in [1.82, 2.24) is 25.5 Å². The Morgan fingerprint density at radius 2 is 2.08 bits per heavy atom. The molecule has 3 heterocycles. The zero-order valence-corrected chi connectivity index (χ0v) is 23.2. The highest BCUT2D eigenvalue weighted by Gasteiger charge is 2.27. The Morgan fingerprint density at radius 3 is 2.80 bits per heavy atom. The summed E-state index contributed by atoms with van der Waals surface area (Å²) >= 11 is 0. The summed E-state index contributed by atoms with van der Waals surface area (Å²) in [5, 5.41) is 5.66. The molecule has 3 aromatic rings. The highest BCUT2D eigenvalue weighted by molar-refractivity contribution is 5.90. The molecular formula is C29H35N5O6. The molecule has 212 valence electrons. The lowest BCUT2D eigenvalue weighted by atomic mass is 10.0. The molecule has 0 saturated carbocycles. The molecule has 2 aromatic heterocycles. The zero-order valence-electron chi connectivity index (χ0n) is 23.2. The second-order valence-electron chi connectivity index (χ2n) is 9.95. The van der Waals surface area contributed by atoms with E-state index in [-0.39, 0.29) is 50.4 Å². The minimum absolute atomic E-state index is 0.0997. The molecule has 11 nitrogen and oxygen atoms in total. The number of hydrogen-bond donors (Lipinski definition) is 2. The first-order valence-electron chi connectivity index (χ1n) is 13.3. The molecule has 0 spiro atoms. The third-order valence-electron chi connectivity index (χ3n) is 6.59. The number of pyridine rings is 1. The zero-order chi connectivity index (χ0) is 28.6. The standard InChI is InChI=1S/C29H35N5O6/c1-18(2)27-28(37)31-16-22-19(3)40-29(32-22)21-8-9-23(38-4)24(14-21)39-12-6-11-34(17-25(35)33-27)26(36)13-20-7-5-10-30-15-20/h5,7-10,14-15,18,27H,6,11-13,16-17H2,1-4H3,(H,31,37)(H,33,35)/t27-/m0/s1. The minimum Gasteiger partial charge on any atom is -0.493 e. The predicted octanol–water partition coefficient (Wildman–Crippen LogP) is 2.66. The van der Waals surface area contributed by atoms with Crippen molar-refractivity contribution in [3.63, 3.8) is 0 Å². The number of methoxy groups -OCH3 is 1. The number of aryl methyl sites for hydroxylation is 1. The average Bonchev–Trinajstić information content (AvgIpc) is 3.32. The highest BCUT2D eigenvalue weighted by Crippen LogP contribution is 2.33. The van der Waals surface area contributed by atoms with E-state index in [0.29, 0.717) is 40.8 Å². The van der Waals surface area contributed by atoms with E-state index in [1.807, 2.05) is 26.0 Å². The van der Waals surface area contributed by atoms with E-state index in [1.165, 1.54) is 4.90 Å². The van der Waals surface area contributed by atoms with E-state index in [9.17, 15) is 14.4 Å². The molecule has 0 fully saturated rings. The van der Waals surface area contributed by atoms with E-state index >= 15 is 0 Å². The summed E-state index contributed by atoms with van der Waals surface area (Å²) in [6.07, 6.45) is 3.82. The average molecular weight is 550 g/mol. The van der Waals surface area contributed by atoms with Crippen LogP contribution in [0.5, 0.6) is 11.5 Å². The van der Waals surface area contributed by atoms with Crippen LogP contribution in [0.1, 0.15) is 37.3 Å². The van der Waals surface area contributed by atoms with Crippen molar-refractivity contribution in [2.45, 2.75) is 46.2 Å². The van der Waals surface area contributed by atoms with Crippen LogP contribution in [0.4, 0.5) is 0 Å². The number of amides is 3. The lowest BCUT2D eigenvalue weighted by molar-refractivity contribution is -0.137. The Bertz CT molecular complexity index is 1340. The summed E-state index contributed by atoms with van der Waals surface area (Å²) in [6, 6.07) is 8.15. The molecule has 1 aromatic carbocycles. The Kier molecular flexibility index (Phi) is 9.36. The monoisotopic (exact) mass is 549 g/mol. The lowest BCUT2D eigenvalue weighted by Gasteiger charge is -2.26. The Balaban J connectivity index is 1.61. The number of ether oxygens (including phenoxy) is 2. The van der Waals surface area contributed by atoms with E-state index in [1.54, 1.807) is 44.6 Å². The van der Waals surface area contributed by atoms with E-state index in [4.69, 9.17) is 13.9 Å². The van der Waals surface area contributed by atoms with Gasteiger partial charge < -0.3 is 29.4 Å².